The Balaban J connectivity index is 2.85. The molecule has 0 heterocycles. The van der Waals surface area contributed by atoms with Gasteiger partial charge >= 0.3 is 0 Å². The summed E-state index contributed by atoms with van der Waals surface area (Å²) < 4.78 is 2.57. The van der Waals surface area contributed by atoms with Crippen LogP contribution in [0.5, 0.6) is 0 Å². The van der Waals surface area contributed by atoms with E-state index < -0.39 is 0 Å². The number of hydrogen-bond donors (Lipinski definition) is 1. The third-order valence-electron chi connectivity index (χ3n) is 1.48. The van der Waals surface area contributed by atoms with Crippen molar-refractivity contribution >= 4 is 45.2 Å². The Morgan fingerprint density at radius 2 is 1.75 bits per heavy atom. The average molecular weight is 387 g/mol. The Morgan fingerprint density at radius 1 is 1.25 bits per heavy atom. The summed E-state index contributed by atoms with van der Waals surface area (Å²) in [5, 5.41) is 0. The standard InChI is InChI=1S/C9H11I2N/c1-6(12)2-7-3-8(10)5-9(11)4-7/h3-6H,2,12H2,1H3/t6-/m0/s1. The van der Waals surface area contributed by atoms with Crippen LogP contribution < -0.4 is 5.73 Å². The molecule has 0 fully saturated rings. The van der Waals surface area contributed by atoms with Gasteiger partial charge in [-0.15, -0.1) is 0 Å². The number of benzene rings is 1. The lowest BCUT2D eigenvalue weighted by Crippen LogP contribution is -2.17. The van der Waals surface area contributed by atoms with Crippen LogP contribution >= 0.6 is 45.2 Å². The SMILES string of the molecule is C[C@H](N)Cc1cc(I)cc(I)c1. The average Bonchev–Trinajstić information content (AvgIpc) is 1.81. The van der Waals surface area contributed by atoms with E-state index in [0.29, 0.717) is 0 Å². The largest absolute Gasteiger partial charge is 0.328 e. The van der Waals surface area contributed by atoms with Crippen LogP contribution in [0.4, 0.5) is 0 Å². The van der Waals surface area contributed by atoms with Crippen molar-refractivity contribution in [3.63, 3.8) is 0 Å². The maximum atomic E-state index is 5.72. The van der Waals surface area contributed by atoms with E-state index in [9.17, 15) is 0 Å². The minimum Gasteiger partial charge on any atom is -0.328 e. The predicted octanol–water partition coefficient (Wildman–Crippen LogP) is 2.79. The zero-order valence-corrected chi connectivity index (χ0v) is 11.2. The second-order valence-corrected chi connectivity index (χ2v) is 5.45. The van der Waals surface area contributed by atoms with Gasteiger partial charge < -0.3 is 5.73 Å². The van der Waals surface area contributed by atoms with Gasteiger partial charge in [0.15, 0.2) is 0 Å². The summed E-state index contributed by atoms with van der Waals surface area (Å²) >= 11 is 4.66. The molecule has 1 aromatic carbocycles. The fraction of sp³-hybridized carbons (Fsp3) is 0.333. The first-order valence-corrected chi connectivity index (χ1v) is 5.94. The van der Waals surface area contributed by atoms with E-state index in [2.05, 4.69) is 63.4 Å². The number of hydrogen-bond acceptors (Lipinski definition) is 1. The van der Waals surface area contributed by atoms with Gasteiger partial charge in [-0.3, -0.25) is 0 Å². The van der Waals surface area contributed by atoms with Crippen molar-refractivity contribution < 1.29 is 0 Å². The summed E-state index contributed by atoms with van der Waals surface area (Å²) in [6, 6.07) is 6.78. The zero-order chi connectivity index (χ0) is 9.14. The van der Waals surface area contributed by atoms with Gasteiger partial charge in [0.2, 0.25) is 0 Å². The maximum absolute atomic E-state index is 5.72. The molecule has 0 saturated heterocycles. The first kappa shape index (κ1) is 10.7. The van der Waals surface area contributed by atoms with Crippen LogP contribution in [0.1, 0.15) is 12.5 Å². The van der Waals surface area contributed by atoms with Gasteiger partial charge in [-0.2, -0.15) is 0 Å². The fourth-order valence-electron chi connectivity index (χ4n) is 1.10. The van der Waals surface area contributed by atoms with Gasteiger partial charge in [0.25, 0.3) is 0 Å². The van der Waals surface area contributed by atoms with Crippen molar-refractivity contribution in [1.82, 2.24) is 0 Å². The molecular formula is C9H11I2N. The molecule has 3 heteroatoms. The maximum Gasteiger partial charge on any atom is 0.0143 e. The van der Waals surface area contributed by atoms with Gasteiger partial charge in [-0.1, -0.05) is 0 Å². The summed E-state index contributed by atoms with van der Waals surface area (Å²) in [5.41, 5.74) is 7.05. The highest BCUT2D eigenvalue weighted by atomic mass is 127. The molecule has 0 radical (unpaired) electrons. The normalized spacial score (nSPS) is 13.0. The summed E-state index contributed by atoms with van der Waals surface area (Å²) in [6.07, 6.45) is 0.965. The molecule has 0 aliphatic carbocycles. The lowest BCUT2D eigenvalue weighted by atomic mass is 10.1. The van der Waals surface area contributed by atoms with Crippen LogP contribution in [0.2, 0.25) is 0 Å². The van der Waals surface area contributed by atoms with Crippen molar-refractivity contribution in [1.29, 1.82) is 0 Å². The first-order chi connectivity index (χ1) is 5.58. The lowest BCUT2D eigenvalue weighted by Gasteiger charge is -2.06. The minimum atomic E-state index is 0.249. The lowest BCUT2D eigenvalue weighted by molar-refractivity contribution is 0.737. The minimum absolute atomic E-state index is 0.249. The van der Waals surface area contributed by atoms with E-state index in [1.54, 1.807) is 0 Å². The number of rotatable bonds is 2. The molecule has 0 spiro atoms. The van der Waals surface area contributed by atoms with E-state index in [1.165, 1.54) is 12.7 Å². The van der Waals surface area contributed by atoms with E-state index >= 15 is 0 Å². The molecule has 0 bridgehead atoms. The molecule has 1 aromatic rings. The van der Waals surface area contributed by atoms with Crippen molar-refractivity contribution in [3.05, 3.63) is 30.9 Å². The molecule has 1 nitrogen and oxygen atoms in total. The third-order valence-corrected chi connectivity index (χ3v) is 2.73. The Labute approximate surface area is 100 Å². The van der Waals surface area contributed by atoms with Crippen molar-refractivity contribution in [2.45, 2.75) is 19.4 Å². The Hall–Kier alpha value is 0.640. The van der Waals surface area contributed by atoms with Crippen LogP contribution in [-0.4, -0.2) is 6.04 Å². The highest BCUT2D eigenvalue weighted by Gasteiger charge is 2.00. The van der Waals surface area contributed by atoms with Crippen molar-refractivity contribution in [2.24, 2.45) is 5.73 Å². The van der Waals surface area contributed by atoms with Crippen LogP contribution in [0.3, 0.4) is 0 Å². The summed E-state index contributed by atoms with van der Waals surface area (Å²) in [4.78, 5) is 0. The third kappa shape index (κ3) is 3.57. The molecule has 0 aliphatic heterocycles. The van der Waals surface area contributed by atoms with Crippen LogP contribution in [0.15, 0.2) is 18.2 Å². The molecule has 0 aliphatic rings. The highest BCUT2D eigenvalue weighted by molar-refractivity contribution is 14.1. The Kier molecular flexibility index (Phi) is 4.25. The van der Waals surface area contributed by atoms with Crippen LogP contribution in [0, 0.1) is 7.14 Å². The molecule has 0 unspecified atom stereocenters. The molecule has 1 atom stereocenters. The monoisotopic (exact) mass is 387 g/mol. The molecule has 12 heavy (non-hydrogen) atoms. The van der Waals surface area contributed by atoms with Crippen molar-refractivity contribution in [3.8, 4) is 0 Å². The predicted molar refractivity (Wildman–Crippen MR) is 69.2 cm³/mol. The van der Waals surface area contributed by atoms with E-state index in [0.717, 1.165) is 6.42 Å². The number of nitrogens with two attached hydrogens (primary N) is 1. The molecule has 66 valence electrons. The summed E-state index contributed by atoms with van der Waals surface area (Å²) in [7, 11) is 0. The number of halogens is 2. The molecular weight excluding hydrogens is 376 g/mol. The summed E-state index contributed by atoms with van der Waals surface area (Å²) in [6.45, 7) is 2.03. The topological polar surface area (TPSA) is 26.0 Å². The molecule has 2 N–H and O–H groups in total. The van der Waals surface area contributed by atoms with Crippen LogP contribution in [0.25, 0.3) is 0 Å². The quantitative estimate of drug-likeness (QED) is 0.777. The molecule has 0 amide bonds. The Morgan fingerprint density at radius 3 is 2.17 bits per heavy atom. The highest BCUT2D eigenvalue weighted by Crippen LogP contribution is 2.15. The van der Waals surface area contributed by atoms with Crippen LogP contribution in [-0.2, 0) is 6.42 Å². The zero-order valence-electron chi connectivity index (χ0n) is 6.85. The second kappa shape index (κ2) is 4.76. The van der Waals surface area contributed by atoms with Gasteiger partial charge in [0.05, 0.1) is 0 Å². The van der Waals surface area contributed by atoms with E-state index in [4.69, 9.17) is 5.73 Å². The smallest absolute Gasteiger partial charge is 0.0143 e. The van der Waals surface area contributed by atoms with Gasteiger partial charge in [-0.25, -0.2) is 0 Å². The molecule has 0 aromatic heterocycles. The van der Waals surface area contributed by atoms with Gasteiger partial charge in [0.1, 0.15) is 0 Å². The molecule has 0 saturated carbocycles. The first-order valence-electron chi connectivity index (χ1n) is 3.78. The fourth-order valence-corrected chi connectivity index (χ4v) is 3.17. The van der Waals surface area contributed by atoms with Crippen molar-refractivity contribution in [2.75, 3.05) is 0 Å². The second-order valence-electron chi connectivity index (χ2n) is 2.96. The van der Waals surface area contributed by atoms with E-state index in [1.807, 2.05) is 6.92 Å². The Bertz CT molecular complexity index is 251. The van der Waals surface area contributed by atoms with E-state index in [-0.39, 0.29) is 6.04 Å². The van der Waals surface area contributed by atoms with Gasteiger partial charge in [0, 0.05) is 13.2 Å². The summed E-state index contributed by atoms with van der Waals surface area (Å²) in [5.74, 6) is 0. The van der Waals surface area contributed by atoms with Gasteiger partial charge in [-0.05, 0) is 82.3 Å². The molecule has 1 rings (SSSR count).